The van der Waals surface area contributed by atoms with Crippen LogP contribution in [0.25, 0.3) is 0 Å². The van der Waals surface area contributed by atoms with Crippen molar-refractivity contribution >= 4 is 28.9 Å². The number of rotatable bonds is 6. The van der Waals surface area contributed by atoms with Gasteiger partial charge in [0.05, 0.1) is 0 Å². The van der Waals surface area contributed by atoms with Gasteiger partial charge in [-0.1, -0.05) is 0 Å². The van der Waals surface area contributed by atoms with Crippen LogP contribution in [0.3, 0.4) is 0 Å². The fourth-order valence-corrected chi connectivity index (χ4v) is 1.38. The van der Waals surface area contributed by atoms with Gasteiger partial charge in [0.2, 0.25) is 0 Å². The van der Waals surface area contributed by atoms with Crippen LogP contribution in [0.5, 0.6) is 0 Å². The number of hydrogen-bond acceptors (Lipinski definition) is 4. The molecule has 1 aromatic carbocycles. The van der Waals surface area contributed by atoms with Gasteiger partial charge in [0.25, 0.3) is 5.91 Å². The van der Waals surface area contributed by atoms with Crippen molar-refractivity contribution < 1.29 is 4.79 Å². The van der Waals surface area contributed by atoms with Gasteiger partial charge in [-0.25, -0.2) is 0 Å². The lowest BCUT2D eigenvalue weighted by Crippen LogP contribution is -2.26. The zero-order chi connectivity index (χ0) is 14.1. The highest BCUT2D eigenvalue weighted by molar-refractivity contribution is 6.17. The summed E-state index contributed by atoms with van der Waals surface area (Å²) in [5.74, 6) is 0.0470. The van der Waals surface area contributed by atoms with Crippen LogP contribution in [-0.4, -0.2) is 18.3 Å². The molecule has 4 N–H and O–H groups in total. The Morgan fingerprint density at radius 3 is 2.68 bits per heavy atom. The standard InChI is InChI=1S/C13H15ClN4O/c14-6-1-7-17-13(19)10(8-15)9-18-12-4-2-11(16)3-5-12/h2-5,9,18H,1,6-7,16H2,(H,17,19)/b10-9-. The number of nitrogen functional groups attached to an aromatic ring is 1. The zero-order valence-corrected chi connectivity index (χ0v) is 11.1. The molecule has 0 aromatic heterocycles. The van der Waals surface area contributed by atoms with Crippen LogP contribution in [0.15, 0.2) is 36.0 Å². The van der Waals surface area contributed by atoms with Crippen LogP contribution in [0.2, 0.25) is 0 Å². The molecule has 19 heavy (non-hydrogen) atoms. The Balaban J connectivity index is 2.59. The van der Waals surface area contributed by atoms with E-state index in [0.29, 0.717) is 24.5 Å². The lowest BCUT2D eigenvalue weighted by Gasteiger charge is -2.04. The Kier molecular flexibility index (Phi) is 6.27. The minimum Gasteiger partial charge on any atom is -0.399 e. The lowest BCUT2D eigenvalue weighted by molar-refractivity contribution is -0.117. The molecule has 0 bridgehead atoms. The highest BCUT2D eigenvalue weighted by Gasteiger charge is 2.07. The molecule has 0 heterocycles. The second kappa shape index (κ2) is 8.01. The van der Waals surface area contributed by atoms with Crippen molar-refractivity contribution in [2.24, 2.45) is 0 Å². The van der Waals surface area contributed by atoms with Crippen molar-refractivity contribution in [3.05, 3.63) is 36.0 Å². The van der Waals surface area contributed by atoms with E-state index < -0.39 is 5.91 Å². The molecule has 100 valence electrons. The summed E-state index contributed by atoms with van der Waals surface area (Å²) in [5, 5.41) is 14.4. The number of alkyl halides is 1. The normalized spacial score (nSPS) is 10.6. The van der Waals surface area contributed by atoms with Crippen molar-refractivity contribution in [1.29, 1.82) is 5.26 Å². The van der Waals surface area contributed by atoms with Crippen molar-refractivity contribution in [2.45, 2.75) is 6.42 Å². The van der Waals surface area contributed by atoms with E-state index in [1.165, 1.54) is 6.20 Å². The van der Waals surface area contributed by atoms with Gasteiger partial charge < -0.3 is 16.4 Å². The molecule has 0 radical (unpaired) electrons. The van der Waals surface area contributed by atoms with Crippen molar-refractivity contribution in [1.82, 2.24) is 5.32 Å². The van der Waals surface area contributed by atoms with E-state index in [9.17, 15) is 4.79 Å². The molecule has 0 saturated heterocycles. The molecule has 0 saturated carbocycles. The first-order valence-corrected chi connectivity index (χ1v) is 6.27. The van der Waals surface area contributed by atoms with Crippen molar-refractivity contribution in [2.75, 3.05) is 23.5 Å². The van der Waals surface area contributed by atoms with Crippen LogP contribution in [-0.2, 0) is 4.79 Å². The topological polar surface area (TPSA) is 90.9 Å². The molecule has 0 fully saturated rings. The molecule has 0 spiro atoms. The predicted molar refractivity (Wildman–Crippen MR) is 76.5 cm³/mol. The first-order valence-electron chi connectivity index (χ1n) is 5.74. The predicted octanol–water partition coefficient (Wildman–Crippen LogP) is 1.83. The van der Waals surface area contributed by atoms with Crippen molar-refractivity contribution in [3.63, 3.8) is 0 Å². The fourth-order valence-electron chi connectivity index (χ4n) is 1.25. The molecule has 0 aliphatic heterocycles. The molecule has 1 aromatic rings. The van der Waals surface area contributed by atoms with Gasteiger partial charge in [0.15, 0.2) is 0 Å². The van der Waals surface area contributed by atoms with E-state index in [1.807, 2.05) is 6.07 Å². The number of nitrogens with one attached hydrogen (secondary N) is 2. The second-order valence-electron chi connectivity index (χ2n) is 3.73. The van der Waals surface area contributed by atoms with Gasteiger partial charge in [-0.2, -0.15) is 5.26 Å². The summed E-state index contributed by atoms with van der Waals surface area (Å²) >= 11 is 5.50. The Labute approximate surface area is 117 Å². The van der Waals surface area contributed by atoms with E-state index in [1.54, 1.807) is 24.3 Å². The minimum absolute atomic E-state index is 0.00592. The number of carbonyl (C=O) groups excluding carboxylic acids is 1. The van der Waals surface area contributed by atoms with E-state index in [-0.39, 0.29) is 5.57 Å². The largest absolute Gasteiger partial charge is 0.399 e. The van der Waals surface area contributed by atoms with Gasteiger partial charge in [-0.3, -0.25) is 4.79 Å². The second-order valence-corrected chi connectivity index (χ2v) is 4.11. The smallest absolute Gasteiger partial charge is 0.263 e. The van der Waals surface area contributed by atoms with Gasteiger partial charge in [-0.05, 0) is 30.7 Å². The molecular weight excluding hydrogens is 264 g/mol. The SMILES string of the molecule is N#C/C(=C/Nc1ccc(N)cc1)C(=O)NCCCCl. The number of nitrogens with zero attached hydrogens (tertiary/aromatic N) is 1. The third kappa shape index (κ3) is 5.32. The number of halogens is 1. The van der Waals surface area contributed by atoms with Crippen LogP contribution >= 0.6 is 11.6 Å². The minimum atomic E-state index is -0.421. The summed E-state index contributed by atoms with van der Waals surface area (Å²) < 4.78 is 0. The molecule has 0 unspecified atom stereocenters. The van der Waals surface area contributed by atoms with Gasteiger partial charge in [-0.15, -0.1) is 11.6 Å². The summed E-state index contributed by atoms with van der Waals surface area (Å²) in [4.78, 5) is 11.6. The highest BCUT2D eigenvalue weighted by atomic mass is 35.5. The van der Waals surface area contributed by atoms with Crippen LogP contribution in [0, 0.1) is 11.3 Å². The third-order valence-electron chi connectivity index (χ3n) is 2.25. The molecule has 1 rings (SSSR count). The number of amides is 1. The molecule has 0 aliphatic rings. The summed E-state index contributed by atoms with van der Waals surface area (Å²) in [5.41, 5.74) is 6.95. The van der Waals surface area contributed by atoms with E-state index in [0.717, 1.165) is 5.69 Å². The van der Waals surface area contributed by atoms with E-state index in [2.05, 4.69) is 10.6 Å². The van der Waals surface area contributed by atoms with Gasteiger partial charge in [0.1, 0.15) is 11.6 Å². The maximum atomic E-state index is 11.6. The first-order chi connectivity index (χ1) is 9.17. The summed E-state index contributed by atoms with van der Waals surface area (Å²) in [6, 6.07) is 8.80. The molecular formula is C13H15ClN4O. The number of benzene rings is 1. The number of nitriles is 1. The van der Waals surface area contributed by atoms with Crippen LogP contribution in [0.4, 0.5) is 11.4 Å². The van der Waals surface area contributed by atoms with Gasteiger partial charge in [0, 0.05) is 30.0 Å². The Morgan fingerprint density at radius 1 is 1.42 bits per heavy atom. The molecule has 5 nitrogen and oxygen atoms in total. The number of carbonyl (C=O) groups is 1. The van der Waals surface area contributed by atoms with E-state index in [4.69, 9.17) is 22.6 Å². The third-order valence-corrected chi connectivity index (χ3v) is 2.52. The van der Waals surface area contributed by atoms with Gasteiger partial charge >= 0.3 is 0 Å². The molecule has 6 heteroatoms. The number of anilines is 2. The lowest BCUT2D eigenvalue weighted by atomic mass is 10.2. The van der Waals surface area contributed by atoms with Crippen LogP contribution in [0.1, 0.15) is 6.42 Å². The maximum Gasteiger partial charge on any atom is 0.263 e. The molecule has 0 aliphatic carbocycles. The summed E-state index contributed by atoms with van der Waals surface area (Å²) in [6.45, 7) is 0.448. The molecule has 1 amide bonds. The number of nitrogens with two attached hydrogens (primary N) is 1. The Morgan fingerprint density at radius 2 is 2.11 bits per heavy atom. The quantitative estimate of drug-likeness (QED) is 0.243. The number of hydrogen-bond donors (Lipinski definition) is 3. The highest BCUT2D eigenvalue weighted by Crippen LogP contribution is 2.10. The average Bonchev–Trinajstić information content (AvgIpc) is 2.42. The van der Waals surface area contributed by atoms with Crippen LogP contribution < -0.4 is 16.4 Å². The monoisotopic (exact) mass is 278 g/mol. The van der Waals surface area contributed by atoms with Crippen molar-refractivity contribution in [3.8, 4) is 6.07 Å². The fraction of sp³-hybridized carbons (Fsp3) is 0.231. The maximum absolute atomic E-state index is 11.6. The zero-order valence-electron chi connectivity index (χ0n) is 10.3. The Bertz CT molecular complexity index is 490. The average molecular weight is 279 g/mol. The molecule has 0 atom stereocenters. The van der Waals surface area contributed by atoms with E-state index >= 15 is 0 Å². The Hall–Kier alpha value is -2.19. The first kappa shape index (κ1) is 14.9. The summed E-state index contributed by atoms with van der Waals surface area (Å²) in [6.07, 6.45) is 2.03. The summed E-state index contributed by atoms with van der Waals surface area (Å²) in [7, 11) is 0.